The summed E-state index contributed by atoms with van der Waals surface area (Å²) < 4.78 is 5.71. The van der Waals surface area contributed by atoms with Crippen molar-refractivity contribution in [3.05, 3.63) is 0 Å². The number of nitrogens with zero attached hydrogens (tertiary/aromatic N) is 1. The second-order valence-corrected chi connectivity index (χ2v) is 13.1. The predicted octanol–water partition coefficient (Wildman–Crippen LogP) is 5.51. The van der Waals surface area contributed by atoms with Crippen molar-refractivity contribution >= 4 is 11.9 Å². The molecular weight excluding hydrogens is 454 g/mol. The van der Waals surface area contributed by atoms with Crippen LogP contribution in [0.4, 0.5) is 0 Å². The van der Waals surface area contributed by atoms with Crippen LogP contribution in [-0.4, -0.2) is 58.9 Å². The fraction of sp³-hybridized carbons (Fsp3) is 0.933. The number of aliphatic hydroxyl groups excluding tert-OH is 1. The van der Waals surface area contributed by atoms with Gasteiger partial charge in [0.25, 0.3) is 0 Å². The first-order valence-corrected chi connectivity index (χ1v) is 15.0. The van der Waals surface area contributed by atoms with E-state index in [9.17, 15) is 19.8 Å². The second kappa shape index (κ2) is 11.3. The molecule has 6 nitrogen and oxygen atoms in total. The van der Waals surface area contributed by atoms with Gasteiger partial charge in [0.15, 0.2) is 0 Å². The van der Waals surface area contributed by atoms with E-state index in [1.165, 1.54) is 58.0 Å². The zero-order valence-electron chi connectivity index (χ0n) is 23.2. The average Bonchev–Trinajstić information content (AvgIpc) is 3.22. The third-order valence-corrected chi connectivity index (χ3v) is 11.2. The molecule has 4 saturated carbocycles. The molecule has 0 radical (unpaired) electrons. The van der Waals surface area contributed by atoms with E-state index in [1.807, 2.05) is 0 Å². The Morgan fingerprint density at radius 3 is 2.36 bits per heavy atom. The summed E-state index contributed by atoms with van der Waals surface area (Å²) in [7, 11) is 0. The third-order valence-electron chi connectivity index (χ3n) is 11.2. The molecule has 0 aliphatic heterocycles. The SMILES string of the molecule is CCCN(CCC)C1CC[C@@]2(C)C(CC[C@H]3[C@@H]4CCC(C(=O)O)[C@@]4(COC(=O)CC(C)O)CC[C@@H]32)C1. The lowest BCUT2D eigenvalue weighted by Gasteiger charge is -2.61. The Bertz CT molecular complexity index is 779. The Morgan fingerprint density at radius 2 is 1.72 bits per heavy atom. The minimum Gasteiger partial charge on any atom is -0.481 e. The van der Waals surface area contributed by atoms with Gasteiger partial charge >= 0.3 is 11.9 Å². The number of ether oxygens (including phenoxy) is 1. The Morgan fingerprint density at radius 1 is 1.00 bits per heavy atom. The van der Waals surface area contributed by atoms with Crippen molar-refractivity contribution in [1.29, 1.82) is 0 Å². The molecule has 36 heavy (non-hydrogen) atoms. The Kier molecular flexibility index (Phi) is 8.76. The summed E-state index contributed by atoms with van der Waals surface area (Å²) in [4.78, 5) is 27.4. The van der Waals surface area contributed by atoms with Gasteiger partial charge in [-0.3, -0.25) is 9.59 Å². The molecule has 0 aromatic rings. The number of carboxylic acids is 1. The lowest BCUT2D eigenvalue weighted by atomic mass is 9.44. The maximum Gasteiger partial charge on any atom is 0.308 e. The number of aliphatic hydroxyl groups is 1. The molecular formula is C30H51NO5. The highest BCUT2D eigenvalue weighted by Crippen LogP contribution is 2.67. The van der Waals surface area contributed by atoms with Gasteiger partial charge in [0, 0.05) is 11.5 Å². The monoisotopic (exact) mass is 505 g/mol. The highest BCUT2D eigenvalue weighted by molar-refractivity contribution is 5.72. The lowest BCUT2D eigenvalue weighted by Crippen LogP contribution is -2.57. The van der Waals surface area contributed by atoms with Crippen molar-refractivity contribution in [2.45, 2.75) is 117 Å². The van der Waals surface area contributed by atoms with Crippen LogP contribution in [0.5, 0.6) is 0 Å². The summed E-state index contributed by atoms with van der Waals surface area (Å²) in [6, 6.07) is 0.721. The van der Waals surface area contributed by atoms with Crippen molar-refractivity contribution in [3.8, 4) is 0 Å². The predicted molar refractivity (Wildman–Crippen MR) is 140 cm³/mol. The van der Waals surface area contributed by atoms with Crippen LogP contribution in [0.25, 0.3) is 0 Å². The van der Waals surface area contributed by atoms with Crippen LogP contribution in [0.3, 0.4) is 0 Å². The molecule has 6 heteroatoms. The standard InChI is InChI=1S/C30H51NO5/c1-5-15-31(16-6-2)22-11-13-29(4)21(18-22)7-8-23-24(29)12-14-30(19-36-27(33)17-20(3)32)25(23)9-10-26(30)28(34)35/h20-26,32H,5-19H2,1-4H3,(H,34,35)/t20?,21?,22?,23-,24+,25+,26?,29+,30-/m1/s1. The van der Waals surface area contributed by atoms with Crippen LogP contribution in [0.2, 0.25) is 0 Å². The van der Waals surface area contributed by atoms with Crippen molar-refractivity contribution in [2.75, 3.05) is 19.7 Å². The van der Waals surface area contributed by atoms with E-state index in [1.54, 1.807) is 6.92 Å². The van der Waals surface area contributed by atoms with E-state index in [0.29, 0.717) is 29.6 Å². The number of hydrogen-bond acceptors (Lipinski definition) is 5. The molecule has 4 rings (SSSR count). The topological polar surface area (TPSA) is 87.1 Å². The van der Waals surface area contributed by atoms with Gasteiger partial charge in [0.05, 0.1) is 25.0 Å². The van der Waals surface area contributed by atoms with Crippen molar-refractivity contribution in [1.82, 2.24) is 4.90 Å². The van der Waals surface area contributed by atoms with Crippen LogP contribution in [0.15, 0.2) is 0 Å². The molecule has 9 atom stereocenters. The second-order valence-electron chi connectivity index (χ2n) is 13.1. The van der Waals surface area contributed by atoms with Gasteiger partial charge in [-0.2, -0.15) is 0 Å². The fourth-order valence-electron chi connectivity index (χ4n) is 9.59. The quantitative estimate of drug-likeness (QED) is 0.381. The van der Waals surface area contributed by atoms with Gasteiger partial charge in [-0.1, -0.05) is 20.8 Å². The summed E-state index contributed by atoms with van der Waals surface area (Å²) in [5.41, 5.74) is -0.0964. The van der Waals surface area contributed by atoms with E-state index in [-0.39, 0.29) is 13.0 Å². The molecule has 4 aliphatic carbocycles. The van der Waals surface area contributed by atoms with Gasteiger partial charge in [-0.15, -0.1) is 0 Å². The average molecular weight is 506 g/mol. The molecule has 206 valence electrons. The van der Waals surface area contributed by atoms with Crippen molar-refractivity contribution in [3.63, 3.8) is 0 Å². The van der Waals surface area contributed by atoms with Gasteiger partial charge in [-0.25, -0.2) is 0 Å². The molecule has 0 saturated heterocycles. The number of esters is 1. The number of hydrogen-bond donors (Lipinski definition) is 2. The summed E-state index contributed by atoms with van der Waals surface area (Å²) in [5.74, 6) is 0.718. The Labute approximate surface area is 218 Å². The zero-order valence-corrected chi connectivity index (χ0v) is 23.2. The highest BCUT2D eigenvalue weighted by Gasteiger charge is 2.63. The first-order valence-electron chi connectivity index (χ1n) is 15.0. The molecule has 2 N–H and O–H groups in total. The van der Waals surface area contributed by atoms with Crippen LogP contribution >= 0.6 is 0 Å². The van der Waals surface area contributed by atoms with Crippen LogP contribution in [0.1, 0.15) is 105 Å². The van der Waals surface area contributed by atoms with Crippen molar-refractivity contribution < 1.29 is 24.5 Å². The van der Waals surface area contributed by atoms with Crippen molar-refractivity contribution in [2.24, 2.45) is 40.4 Å². The molecule has 0 aromatic heterocycles. The van der Waals surface area contributed by atoms with Crippen LogP contribution in [0, 0.1) is 40.4 Å². The van der Waals surface area contributed by atoms with E-state index in [0.717, 1.165) is 31.2 Å². The lowest BCUT2D eigenvalue weighted by molar-refractivity contribution is -0.172. The molecule has 4 aliphatic rings. The molecule has 0 amide bonds. The maximum absolute atomic E-state index is 12.4. The van der Waals surface area contributed by atoms with Gasteiger partial charge in [-0.05, 0) is 120 Å². The zero-order chi connectivity index (χ0) is 26.1. The van der Waals surface area contributed by atoms with E-state index in [4.69, 9.17) is 4.74 Å². The number of aliphatic carboxylic acids is 1. The molecule has 0 spiro atoms. The number of rotatable bonds is 10. The number of carbonyl (C=O) groups excluding carboxylic acids is 1. The molecule has 4 fully saturated rings. The van der Waals surface area contributed by atoms with Gasteiger partial charge in [0.1, 0.15) is 0 Å². The number of carbonyl (C=O) groups is 2. The summed E-state index contributed by atoms with van der Waals surface area (Å²) in [6.45, 7) is 11.4. The number of fused-ring (bicyclic) bond motifs is 5. The summed E-state index contributed by atoms with van der Waals surface area (Å²) in [5, 5.41) is 19.7. The third kappa shape index (κ3) is 5.10. The van der Waals surface area contributed by atoms with Crippen LogP contribution < -0.4 is 0 Å². The first-order chi connectivity index (χ1) is 17.2. The molecule has 0 heterocycles. The Balaban J connectivity index is 1.51. The van der Waals surface area contributed by atoms with Gasteiger partial charge < -0.3 is 19.8 Å². The smallest absolute Gasteiger partial charge is 0.308 e. The van der Waals surface area contributed by atoms with E-state index in [2.05, 4.69) is 25.7 Å². The Hall–Kier alpha value is -1.14. The largest absolute Gasteiger partial charge is 0.481 e. The normalized spacial score (nSPS) is 40.7. The fourth-order valence-corrected chi connectivity index (χ4v) is 9.59. The maximum atomic E-state index is 12.4. The highest BCUT2D eigenvalue weighted by atomic mass is 16.5. The molecule has 0 aromatic carbocycles. The summed E-state index contributed by atoms with van der Waals surface area (Å²) >= 11 is 0. The molecule has 4 unspecified atom stereocenters. The van der Waals surface area contributed by atoms with Gasteiger partial charge in [0.2, 0.25) is 0 Å². The van der Waals surface area contributed by atoms with E-state index < -0.39 is 29.4 Å². The minimum absolute atomic E-state index is 0.0292. The van der Waals surface area contributed by atoms with Crippen LogP contribution in [-0.2, 0) is 14.3 Å². The first kappa shape index (κ1) is 27.9. The minimum atomic E-state index is -0.740. The van der Waals surface area contributed by atoms with E-state index >= 15 is 0 Å². The molecule has 0 bridgehead atoms. The number of carboxylic acid groups (broad SMARTS) is 1. The summed E-state index contributed by atoms with van der Waals surface area (Å²) in [6.07, 6.45) is 11.6.